The number of halogens is 1. The van der Waals surface area contributed by atoms with Crippen molar-refractivity contribution in [3.05, 3.63) is 58.1 Å². The molecule has 2 heterocycles. The van der Waals surface area contributed by atoms with Crippen LogP contribution in [-0.2, 0) is 9.59 Å². The molecule has 2 aromatic carbocycles. The Morgan fingerprint density at radius 3 is 2.88 bits per heavy atom. The van der Waals surface area contributed by atoms with Crippen LogP contribution in [0.2, 0.25) is 0 Å². The maximum Gasteiger partial charge on any atom is 0.232 e. The fraction of sp³-hybridized carbons (Fsp3) is 0.263. The third-order valence-electron chi connectivity index (χ3n) is 4.66. The molecule has 0 aliphatic carbocycles. The summed E-state index contributed by atoms with van der Waals surface area (Å²) in [5.41, 5.74) is 2.65. The van der Waals surface area contributed by atoms with E-state index in [1.54, 1.807) is 0 Å². The molecule has 4 rings (SSSR count). The Labute approximate surface area is 153 Å². The van der Waals surface area contributed by atoms with Gasteiger partial charge in [0.15, 0.2) is 0 Å². The van der Waals surface area contributed by atoms with Crippen molar-refractivity contribution in [3.8, 4) is 5.75 Å². The normalized spacial score (nSPS) is 20.9. The zero-order chi connectivity index (χ0) is 17.4. The lowest BCUT2D eigenvalue weighted by Gasteiger charge is -2.27. The molecule has 0 radical (unpaired) electrons. The van der Waals surface area contributed by atoms with Gasteiger partial charge in [0.2, 0.25) is 11.8 Å². The number of nitrogens with one attached hydrogen (secondary N) is 2. The van der Waals surface area contributed by atoms with E-state index in [1.165, 1.54) is 0 Å². The third-order valence-corrected chi connectivity index (χ3v) is 5.29. The highest BCUT2D eigenvalue weighted by Crippen LogP contribution is 2.38. The van der Waals surface area contributed by atoms with E-state index < -0.39 is 5.92 Å². The summed E-state index contributed by atoms with van der Waals surface area (Å²) in [7, 11) is 0. The second-order valence-corrected chi connectivity index (χ2v) is 7.10. The molecule has 0 unspecified atom stereocenters. The number of carbonyl (C=O) groups is 2. The quantitative estimate of drug-likeness (QED) is 0.827. The zero-order valence-corrected chi connectivity index (χ0v) is 15.0. The van der Waals surface area contributed by atoms with Gasteiger partial charge in [-0.2, -0.15) is 0 Å². The Morgan fingerprint density at radius 2 is 2.00 bits per heavy atom. The first-order valence-electron chi connectivity index (χ1n) is 8.24. The van der Waals surface area contributed by atoms with E-state index >= 15 is 0 Å². The topological polar surface area (TPSA) is 67.4 Å². The number of benzene rings is 2. The molecule has 0 spiro atoms. The van der Waals surface area contributed by atoms with Gasteiger partial charge in [-0.15, -0.1) is 0 Å². The van der Waals surface area contributed by atoms with Crippen molar-refractivity contribution in [2.45, 2.75) is 24.8 Å². The highest BCUT2D eigenvalue weighted by atomic mass is 79.9. The summed E-state index contributed by atoms with van der Waals surface area (Å²) in [4.78, 5) is 24.8. The Bertz CT molecular complexity index is 852. The molecular weight excluding hydrogens is 384 g/mol. The van der Waals surface area contributed by atoms with Crippen molar-refractivity contribution < 1.29 is 14.3 Å². The number of para-hydroxylation sites is 2. The molecule has 0 saturated heterocycles. The third kappa shape index (κ3) is 3.02. The van der Waals surface area contributed by atoms with Gasteiger partial charge in [-0.05, 0) is 33.6 Å². The van der Waals surface area contributed by atoms with E-state index in [1.807, 2.05) is 42.5 Å². The fourth-order valence-corrected chi connectivity index (χ4v) is 3.95. The number of hydrogen-bond donors (Lipinski definition) is 2. The molecule has 2 aromatic rings. The first-order chi connectivity index (χ1) is 12.1. The Balaban J connectivity index is 1.49. The van der Waals surface area contributed by atoms with Crippen molar-refractivity contribution in [3.63, 3.8) is 0 Å². The van der Waals surface area contributed by atoms with Gasteiger partial charge in [0.05, 0.1) is 23.0 Å². The summed E-state index contributed by atoms with van der Waals surface area (Å²) in [6.07, 6.45) is 0.853. The highest BCUT2D eigenvalue weighted by Gasteiger charge is 2.33. The van der Waals surface area contributed by atoms with Crippen LogP contribution in [0.15, 0.2) is 46.9 Å². The van der Waals surface area contributed by atoms with Gasteiger partial charge in [0.1, 0.15) is 5.75 Å². The van der Waals surface area contributed by atoms with E-state index in [0.717, 1.165) is 27.0 Å². The molecule has 0 saturated carbocycles. The summed E-state index contributed by atoms with van der Waals surface area (Å²) >= 11 is 3.48. The van der Waals surface area contributed by atoms with Gasteiger partial charge in [0.25, 0.3) is 0 Å². The highest BCUT2D eigenvalue weighted by molar-refractivity contribution is 9.10. The second-order valence-electron chi connectivity index (χ2n) is 6.25. The number of rotatable bonds is 3. The van der Waals surface area contributed by atoms with Crippen LogP contribution in [0, 0.1) is 0 Å². The molecule has 128 valence electrons. The molecule has 2 N–H and O–H groups in total. The van der Waals surface area contributed by atoms with Gasteiger partial charge in [-0.25, -0.2) is 0 Å². The maximum absolute atomic E-state index is 12.6. The van der Waals surface area contributed by atoms with Crippen LogP contribution in [-0.4, -0.2) is 18.4 Å². The molecular formula is C19H17BrN2O3. The largest absolute Gasteiger partial charge is 0.492 e. The molecule has 0 fully saturated rings. The summed E-state index contributed by atoms with van der Waals surface area (Å²) in [5.74, 6) is 0.0992. The summed E-state index contributed by atoms with van der Waals surface area (Å²) in [6, 6.07) is 13.2. The fourth-order valence-electron chi connectivity index (χ4n) is 3.45. The van der Waals surface area contributed by atoms with E-state index in [0.29, 0.717) is 13.0 Å². The van der Waals surface area contributed by atoms with E-state index in [-0.39, 0.29) is 24.3 Å². The van der Waals surface area contributed by atoms with Crippen molar-refractivity contribution >= 4 is 33.4 Å². The van der Waals surface area contributed by atoms with Crippen LogP contribution in [0.3, 0.4) is 0 Å². The summed E-state index contributed by atoms with van der Waals surface area (Å²) < 4.78 is 6.58. The average molecular weight is 401 g/mol. The standard InChI is InChI=1S/C19H17BrN2O3/c20-14-6-3-5-12-16(8-9-25-18(12)14)21-17(23)10-13-11-4-1-2-7-15(11)22-19(13)24/h1-7,13,16H,8-10H2,(H,21,23)(H,22,24)/t13-,16-/m1/s1. The Kier molecular flexibility index (Phi) is 4.21. The second kappa shape index (κ2) is 6.52. The number of carbonyl (C=O) groups excluding carboxylic acids is 2. The number of fused-ring (bicyclic) bond motifs is 2. The van der Waals surface area contributed by atoms with Crippen LogP contribution in [0.4, 0.5) is 5.69 Å². The number of hydrogen-bond acceptors (Lipinski definition) is 3. The molecule has 6 heteroatoms. The number of ether oxygens (including phenoxy) is 1. The Morgan fingerprint density at radius 1 is 1.20 bits per heavy atom. The maximum atomic E-state index is 12.6. The minimum absolute atomic E-state index is 0.103. The molecule has 25 heavy (non-hydrogen) atoms. The average Bonchev–Trinajstić information content (AvgIpc) is 2.92. The molecule has 2 aliphatic heterocycles. The Hall–Kier alpha value is -2.34. The monoisotopic (exact) mass is 400 g/mol. The first-order valence-corrected chi connectivity index (χ1v) is 9.03. The number of amides is 2. The molecule has 0 aromatic heterocycles. The predicted octanol–water partition coefficient (Wildman–Crippen LogP) is 3.51. The molecule has 0 bridgehead atoms. The van der Waals surface area contributed by atoms with Crippen LogP contribution in [0.25, 0.3) is 0 Å². The lowest BCUT2D eigenvalue weighted by atomic mass is 9.95. The van der Waals surface area contributed by atoms with E-state index in [4.69, 9.17) is 4.74 Å². The van der Waals surface area contributed by atoms with Crippen molar-refractivity contribution in [2.75, 3.05) is 11.9 Å². The van der Waals surface area contributed by atoms with Gasteiger partial charge in [0, 0.05) is 24.1 Å². The first kappa shape index (κ1) is 16.1. The minimum Gasteiger partial charge on any atom is -0.492 e. The van der Waals surface area contributed by atoms with Gasteiger partial charge < -0.3 is 15.4 Å². The van der Waals surface area contributed by atoms with Gasteiger partial charge in [-0.3, -0.25) is 9.59 Å². The van der Waals surface area contributed by atoms with Crippen LogP contribution in [0.1, 0.15) is 35.9 Å². The summed E-state index contributed by atoms with van der Waals surface area (Å²) in [6.45, 7) is 0.549. The number of anilines is 1. The van der Waals surface area contributed by atoms with Crippen molar-refractivity contribution in [1.29, 1.82) is 0 Å². The van der Waals surface area contributed by atoms with Gasteiger partial charge in [-0.1, -0.05) is 30.3 Å². The van der Waals surface area contributed by atoms with Crippen LogP contribution < -0.4 is 15.4 Å². The molecule has 2 amide bonds. The zero-order valence-electron chi connectivity index (χ0n) is 13.4. The van der Waals surface area contributed by atoms with Crippen molar-refractivity contribution in [1.82, 2.24) is 5.32 Å². The SMILES string of the molecule is O=C(C[C@H]1C(=O)Nc2ccccc21)N[C@@H]1CCOc2c(Br)cccc21. The van der Waals surface area contributed by atoms with Crippen LogP contribution in [0.5, 0.6) is 5.75 Å². The lowest BCUT2D eigenvalue weighted by Crippen LogP contribution is -2.33. The smallest absolute Gasteiger partial charge is 0.232 e. The molecule has 5 nitrogen and oxygen atoms in total. The molecule has 2 aliphatic rings. The van der Waals surface area contributed by atoms with Gasteiger partial charge >= 0.3 is 0 Å². The lowest BCUT2D eigenvalue weighted by molar-refractivity contribution is -0.125. The molecule has 2 atom stereocenters. The van der Waals surface area contributed by atoms with Crippen molar-refractivity contribution in [2.24, 2.45) is 0 Å². The minimum atomic E-state index is -0.432. The van der Waals surface area contributed by atoms with E-state index in [2.05, 4.69) is 26.6 Å². The predicted molar refractivity (Wildman–Crippen MR) is 97.6 cm³/mol. The van der Waals surface area contributed by atoms with E-state index in [9.17, 15) is 9.59 Å². The summed E-state index contributed by atoms with van der Waals surface area (Å²) in [5, 5.41) is 5.90. The van der Waals surface area contributed by atoms with Crippen LogP contribution >= 0.6 is 15.9 Å².